The quantitative estimate of drug-likeness (QED) is 0.363. The van der Waals surface area contributed by atoms with Crippen LogP contribution in [0.4, 0.5) is 4.79 Å². The Labute approximate surface area is 129 Å². The van der Waals surface area contributed by atoms with Crippen LogP contribution in [0, 0.1) is 0 Å². The molecule has 1 aliphatic heterocycles. The van der Waals surface area contributed by atoms with Gasteiger partial charge in [0.1, 0.15) is 0 Å². The zero-order valence-electron chi connectivity index (χ0n) is 12.7. The van der Waals surface area contributed by atoms with E-state index in [4.69, 9.17) is 0 Å². The molecule has 0 saturated carbocycles. The third kappa shape index (κ3) is 4.51. The summed E-state index contributed by atoms with van der Waals surface area (Å²) in [5.74, 6) is 0.479. The monoisotopic (exact) mass is 306 g/mol. The minimum absolute atomic E-state index is 0.0811. The summed E-state index contributed by atoms with van der Waals surface area (Å²) in [4.78, 5) is 28.4. The Hall–Kier alpha value is -2.51. The van der Waals surface area contributed by atoms with E-state index in [1.165, 1.54) is 4.90 Å². The van der Waals surface area contributed by atoms with Gasteiger partial charge in [0, 0.05) is 32.0 Å². The molecule has 0 aromatic carbocycles. The van der Waals surface area contributed by atoms with Crippen LogP contribution in [0.1, 0.15) is 6.92 Å². The van der Waals surface area contributed by atoms with Gasteiger partial charge in [-0.05, 0) is 19.1 Å². The largest absolute Gasteiger partial charge is 0.357 e. The molecule has 3 N–H and O–H groups in total. The minimum Gasteiger partial charge on any atom is -0.357 e. The van der Waals surface area contributed by atoms with E-state index in [0.29, 0.717) is 19.0 Å². The predicted molar refractivity (Wildman–Crippen MR) is 83.5 cm³/mol. The Morgan fingerprint density at radius 1 is 1.27 bits per heavy atom. The zero-order chi connectivity index (χ0) is 15.8. The molecule has 1 saturated heterocycles. The van der Waals surface area contributed by atoms with Gasteiger partial charge in [-0.3, -0.25) is 14.7 Å². The summed E-state index contributed by atoms with van der Waals surface area (Å²) in [5, 5.41) is 8.84. The Kier molecular flexibility index (Phi) is 5.81. The van der Waals surface area contributed by atoms with Crippen molar-refractivity contribution in [1.29, 1.82) is 0 Å². The summed E-state index contributed by atoms with van der Waals surface area (Å²) >= 11 is 0. The van der Waals surface area contributed by atoms with Crippen molar-refractivity contribution >= 4 is 17.9 Å². The zero-order valence-corrected chi connectivity index (χ0v) is 12.7. The molecule has 0 aliphatic carbocycles. The predicted octanol–water partition coefficient (Wildman–Crippen LogP) is -0.405. The Morgan fingerprint density at radius 2 is 2.05 bits per heavy atom. The molecule has 1 aromatic rings. The van der Waals surface area contributed by atoms with E-state index in [2.05, 4.69) is 25.5 Å². The summed E-state index contributed by atoms with van der Waals surface area (Å²) in [6.45, 7) is 5.06. The third-order valence-corrected chi connectivity index (χ3v) is 3.20. The Morgan fingerprint density at radius 3 is 2.68 bits per heavy atom. The molecule has 120 valence electrons. The van der Waals surface area contributed by atoms with Crippen molar-refractivity contribution in [2.75, 3.05) is 32.7 Å². The fourth-order valence-corrected chi connectivity index (χ4v) is 2.11. The van der Waals surface area contributed by atoms with Gasteiger partial charge in [0.2, 0.25) is 5.91 Å². The number of urea groups is 1. The van der Waals surface area contributed by atoms with E-state index in [-0.39, 0.29) is 18.5 Å². The molecule has 22 heavy (non-hydrogen) atoms. The summed E-state index contributed by atoms with van der Waals surface area (Å²) in [6, 6.07) is 3.63. The van der Waals surface area contributed by atoms with Crippen molar-refractivity contribution in [3.8, 4) is 0 Å². The SMILES string of the molecule is CCNC(=NCCN1C(=O)CNC1=O)NCCn1cccc1. The lowest BCUT2D eigenvalue weighted by molar-refractivity contribution is -0.124. The van der Waals surface area contributed by atoms with Gasteiger partial charge in [0.25, 0.3) is 0 Å². The van der Waals surface area contributed by atoms with Crippen molar-refractivity contribution in [3.05, 3.63) is 24.5 Å². The molecule has 0 atom stereocenters. The van der Waals surface area contributed by atoms with Crippen molar-refractivity contribution in [1.82, 2.24) is 25.4 Å². The first-order valence-corrected chi connectivity index (χ1v) is 7.42. The molecule has 2 heterocycles. The number of carbonyl (C=O) groups is 2. The number of aromatic nitrogens is 1. The molecule has 8 heteroatoms. The number of imide groups is 1. The second-order valence-corrected chi connectivity index (χ2v) is 4.81. The molecule has 1 fully saturated rings. The van der Waals surface area contributed by atoms with Gasteiger partial charge in [-0.25, -0.2) is 4.79 Å². The van der Waals surface area contributed by atoms with Crippen LogP contribution in [0.3, 0.4) is 0 Å². The molecular weight excluding hydrogens is 284 g/mol. The van der Waals surface area contributed by atoms with E-state index in [1.807, 2.05) is 31.5 Å². The molecule has 2 rings (SSSR count). The van der Waals surface area contributed by atoms with E-state index < -0.39 is 0 Å². The number of nitrogens with one attached hydrogen (secondary N) is 3. The van der Waals surface area contributed by atoms with E-state index >= 15 is 0 Å². The minimum atomic E-state index is -0.342. The lowest BCUT2D eigenvalue weighted by atomic mass is 10.5. The van der Waals surface area contributed by atoms with E-state index in [9.17, 15) is 9.59 Å². The first kappa shape index (κ1) is 15.9. The van der Waals surface area contributed by atoms with Crippen LogP contribution in [0.5, 0.6) is 0 Å². The highest BCUT2D eigenvalue weighted by Crippen LogP contribution is 1.97. The maximum absolute atomic E-state index is 11.4. The number of guanidine groups is 1. The lowest BCUT2D eigenvalue weighted by Crippen LogP contribution is -2.40. The number of rotatable bonds is 7. The summed E-state index contributed by atoms with van der Waals surface area (Å²) in [5.41, 5.74) is 0. The molecule has 1 aromatic heterocycles. The number of aliphatic imine (C=N–C) groups is 1. The van der Waals surface area contributed by atoms with Gasteiger partial charge in [0.15, 0.2) is 5.96 Å². The molecule has 0 unspecified atom stereocenters. The maximum Gasteiger partial charge on any atom is 0.324 e. The molecule has 1 aliphatic rings. The number of nitrogens with zero attached hydrogens (tertiary/aromatic N) is 3. The number of hydrogen-bond acceptors (Lipinski definition) is 3. The molecule has 0 bridgehead atoms. The topological polar surface area (TPSA) is 90.8 Å². The van der Waals surface area contributed by atoms with Crippen LogP contribution in [0.25, 0.3) is 0 Å². The standard InChI is InChI=1S/C14H22N6O2/c1-2-15-13(16-5-9-19-7-3-4-8-19)17-6-10-20-12(21)11-18-14(20)22/h3-4,7-8H,2,5-6,9-11H2,1H3,(H,18,22)(H2,15,16,17). The van der Waals surface area contributed by atoms with Crippen LogP contribution in [0.2, 0.25) is 0 Å². The van der Waals surface area contributed by atoms with Gasteiger partial charge in [-0.15, -0.1) is 0 Å². The average molecular weight is 306 g/mol. The highest BCUT2D eigenvalue weighted by atomic mass is 16.2. The smallest absolute Gasteiger partial charge is 0.324 e. The van der Waals surface area contributed by atoms with Gasteiger partial charge in [0.05, 0.1) is 19.6 Å². The van der Waals surface area contributed by atoms with Gasteiger partial charge in [-0.2, -0.15) is 0 Å². The fourth-order valence-electron chi connectivity index (χ4n) is 2.11. The highest BCUT2D eigenvalue weighted by Gasteiger charge is 2.27. The van der Waals surface area contributed by atoms with Gasteiger partial charge < -0.3 is 20.5 Å². The average Bonchev–Trinajstić information content (AvgIpc) is 3.12. The van der Waals surface area contributed by atoms with Crippen molar-refractivity contribution < 1.29 is 9.59 Å². The number of carbonyl (C=O) groups excluding carboxylic acids is 2. The van der Waals surface area contributed by atoms with Crippen LogP contribution in [0.15, 0.2) is 29.5 Å². The first-order valence-electron chi connectivity index (χ1n) is 7.42. The lowest BCUT2D eigenvalue weighted by Gasteiger charge is -2.13. The summed E-state index contributed by atoms with van der Waals surface area (Å²) in [6.07, 6.45) is 4.01. The van der Waals surface area contributed by atoms with Gasteiger partial charge >= 0.3 is 6.03 Å². The second-order valence-electron chi connectivity index (χ2n) is 4.81. The maximum atomic E-state index is 11.4. The number of hydrogen-bond donors (Lipinski definition) is 3. The molecule has 0 radical (unpaired) electrons. The first-order chi connectivity index (χ1) is 10.7. The summed E-state index contributed by atoms with van der Waals surface area (Å²) in [7, 11) is 0. The number of amides is 3. The van der Waals surface area contributed by atoms with E-state index in [0.717, 1.165) is 19.6 Å². The van der Waals surface area contributed by atoms with E-state index in [1.54, 1.807) is 0 Å². The van der Waals surface area contributed by atoms with Crippen molar-refractivity contribution in [2.24, 2.45) is 4.99 Å². The third-order valence-electron chi connectivity index (χ3n) is 3.20. The highest BCUT2D eigenvalue weighted by molar-refractivity contribution is 6.01. The van der Waals surface area contributed by atoms with Crippen LogP contribution in [-0.2, 0) is 11.3 Å². The Balaban J connectivity index is 1.76. The van der Waals surface area contributed by atoms with Crippen LogP contribution < -0.4 is 16.0 Å². The van der Waals surface area contributed by atoms with Crippen molar-refractivity contribution in [2.45, 2.75) is 13.5 Å². The van der Waals surface area contributed by atoms with Gasteiger partial charge in [-0.1, -0.05) is 0 Å². The molecule has 0 spiro atoms. The second kappa shape index (κ2) is 8.06. The van der Waals surface area contributed by atoms with Crippen LogP contribution >= 0.6 is 0 Å². The molecular formula is C14H22N6O2. The molecule has 8 nitrogen and oxygen atoms in total. The Bertz CT molecular complexity index is 509. The normalized spacial score (nSPS) is 15.1. The molecule has 3 amide bonds. The van der Waals surface area contributed by atoms with Crippen LogP contribution in [-0.4, -0.2) is 60.1 Å². The summed E-state index contributed by atoms with van der Waals surface area (Å²) < 4.78 is 2.07. The fraction of sp³-hybridized carbons (Fsp3) is 0.500. The van der Waals surface area contributed by atoms with Crippen molar-refractivity contribution in [3.63, 3.8) is 0 Å².